The highest BCUT2D eigenvalue weighted by atomic mass is 79.9. The lowest BCUT2D eigenvalue weighted by Crippen LogP contribution is -2.42. The Morgan fingerprint density at radius 1 is 1.31 bits per heavy atom. The molecule has 16 heavy (non-hydrogen) atoms. The number of likely N-dealkylation sites (tertiary alicyclic amines) is 1. The Hall–Kier alpha value is 0.230. The quantitative estimate of drug-likeness (QED) is 0.669. The monoisotopic (exact) mass is 355 g/mol. The van der Waals surface area contributed by atoms with Gasteiger partial charge in [-0.3, -0.25) is 0 Å². The van der Waals surface area contributed by atoms with Crippen molar-refractivity contribution in [3.8, 4) is 0 Å². The highest BCUT2D eigenvalue weighted by molar-refractivity contribution is 9.24. The molecule has 0 aromatic rings. The van der Waals surface area contributed by atoms with Crippen molar-refractivity contribution in [3.05, 3.63) is 0 Å². The van der Waals surface area contributed by atoms with E-state index in [0.29, 0.717) is 9.65 Å². The van der Waals surface area contributed by atoms with Gasteiger partial charge < -0.3 is 9.64 Å². The number of piperidine rings is 1. The van der Waals surface area contributed by atoms with Crippen molar-refractivity contribution >= 4 is 38.0 Å². The minimum atomic E-state index is -0.401. The molecule has 0 N–H and O–H groups in total. The summed E-state index contributed by atoms with van der Waals surface area (Å²) in [6.45, 7) is 7.25. The SMILES string of the molecule is CC(C)(C)OC(=O)N1CCC(C(Br)Br)CC1. The summed E-state index contributed by atoms with van der Waals surface area (Å²) in [5.41, 5.74) is -0.401. The number of hydrogen-bond acceptors (Lipinski definition) is 2. The Morgan fingerprint density at radius 3 is 2.19 bits per heavy atom. The first-order valence-electron chi connectivity index (χ1n) is 5.55. The van der Waals surface area contributed by atoms with Gasteiger partial charge in [0, 0.05) is 13.1 Å². The first-order chi connectivity index (χ1) is 7.29. The van der Waals surface area contributed by atoms with E-state index in [1.165, 1.54) is 0 Å². The molecule has 1 heterocycles. The second-order valence-corrected chi connectivity index (χ2v) is 8.34. The van der Waals surface area contributed by atoms with Crippen LogP contribution in [0.25, 0.3) is 0 Å². The number of amides is 1. The van der Waals surface area contributed by atoms with Gasteiger partial charge in [-0.25, -0.2) is 4.79 Å². The average Bonchev–Trinajstić information content (AvgIpc) is 2.15. The molecule has 0 bridgehead atoms. The summed E-state index contributed by atoms with van der Waals surface area (Å²) in [5.74, 6) is 0.596. The summed E-state index contributed by atoms with van der Waals surface area (Å²) in [7, 11) is 0. The molecule has 0 aliphatic carbocycles. The minimum Gasteiger partial charge on any atom is -0.444 e. The van der Waals surface area contributed by atoms with Crippen molar-refractivity contribution in [2.75, 3.05) is 13.1 Å². The molecule has 0 aromatic carbocycles. The lowest BCUT2D eigenvalue weighted by atomic mass is 9.99. The second-order valence-electron chi connectivity index (χ2n) is 5.14. The Labute approximate surface area is 114 Å². The fraction of sp³-hybridized carbons (Fsp3) is 0.909. The lowest BCUT2D eigenvalue weighted by molar-refractivity contribution is 0.0190. The molecule has 3 nitrogen and oxygen atoms in total. The van der Waals surface area contributed by atoms with Gasteiger partial charge in [0.25, 0.3) is 0 Å². The molecule has 1 saturated heterocycles. The molecule has 0 saturated carbocycles. The second kappa shape index (κ2) is 5.71. The maximum Gasteiger partial charge on any atom is 0.410 e. The van der Waals surface area contributed by atoms with Crippen molar-refractivity contribution in [3.63, 3.8) is 0 Å². The molecule has 0 unspecified atom stereocenters. The molecule has 1 aliphatic rings. The van der Waals surface area contributed by atoms with E-state index in [4.69, 9.17) is 4.74 Å². The summed E-state index contributed by atoms with van der Waals surface area (Å²) in [6.07, 6.45) is 1.84. The smallest absolute Gasteiger partial charge is 0.410 e. The number of ether oxygens (including phenoxy) is 1. The third kappa shape index (κ3) is 4.62. The Morgan fingerprint density at radius 2 is 1.81 bits per heavy atom. The van der Waals surface area contributed by atoms with E-state index in [1.54, 1.807) is 4.90 Å². The molecule has 0 radical (unpaired) electrons. The normalized spacial score (nSPS) is 19.0. The van der Waals surface area contributed by atoms with E-state index < -0.39 is 5.60 Å². The molecule has 1 amide bonds. The van der Waals surface area contributed by atoms with Gasteiger partial charge in [0.1, 0.15) is 5.60 Å². The Bertz CT molecular complexity index is 243. The van der Waals surface area contributed by atoms with Crippen LogP contribution in [0.1, 0.15) is 33.6 Å². The maximum absolute atomic E-state index is 11.8. The highest BCUT2D eigenvalue weighted by Crippen LogP contribution is 2.29. The number of carbonyl (C=O) groups excluding carboxylic acids is 1. The van der Waals surface area contributed by atoms with Crippen LogP contribution in [0, 0.1) is 5.92 Å². The molecule has 94 valence electrons. The number of alkyl halides is 2. The summed E-state index contributed by atoms with van der Waals surface area (Å²) < 4.78 is 5.68. The van der Waals surface area contributed by atoms with Gasteiger partial charge in [-0.2, -0.15) is 0 Å². The molecule has 0 atom stereocenters. The summed E-state index contributed by atoms with van der Waals surface area (Å²) in [6, 6.07) is 0. The van der Waals surface area contributed by atoms with E-state index in [2.05, 4.69) is 31.9 Å². The van der Waals surface area contributed by atoms with Gasteiger partial charge in [-0.05, 0) is 39.5 Å². The van der Waals surface area contributed by atoms with E-state index >= 15 is 0 Å². The number of rotatable bonds is 1. The van der Waals surface area contributed by atoms with E-state index in [1.807, 2.05) is 20.8 Å². The van der Waals surface area contributed by atoms with Crippen LogP contribution in [0.3, 0.4) is 0 Å². The topological polar surface area (TPSA) is 29.5 Å². The van der Waals surface area contributed by atoms with E-state index in [0.717, 1.165) is 25.9 Å². The third-order valence-corrected chi connectivity index (χ3v) is 4.04. The van der Waals surface area contributed by atoms with Gasteiger partial charge in [-0.15, -0.1) is 0 Å². The Balaban J connectivity index is 2.39. The highest BCUT2D eigenvalue weighted by Gasteiger charge is 2.28. The minimum absolute atomic E-state index is 0.188. The standard InChI is InChI=1S/C11H19Br2NO2/c1-11(2,3)16-10(15)14-6-4-8(5-7-14)9(12)13/h8-9H,4-7H2,1-3H3. The maximum atomic E-state index is 11.8. The lowest BCUT2D eigenvalue weighted by Gasteiger charge is -2.34. The number of nitrogens with zero attached hydrogens (tertiary/aromatic N) is 1. The summed E-state index contributed by atoms with van der Waals surface area (Å²) >= 11 is 7.05. The molecule has 1 rings (SSSR count). The third-order valence-electron chi connectivity index (χ3n) is 2.55. The molecule has 0 spiro atoms. The van der Waals surface area contributed by atoms with Crippen molar-refractivity contribution < 1.29 is 9.53 Å². The number of halogens is 2. The first kappa shape index (κ1) is 14.3. The predicted molar refractivity (Wildman–Crippen MR) is 72.2 cm³/mol. The molecular weight excluding hydrogens is 338 g/mol. The zero-order chi connectivity index (χ0) is 12.3. The van der Waals surface area contributed by atoms with Gasteiger partial charge in [0.05, 0.1) is 3.74 Å². The largest absolute Gasteiger partial charge is 0.444 e. The van der Waals surface area contributed by atoms with Crippen LogP contribution in [0.4, 0.5) is 4.79 Å². The van der Waals surface area contributed by atoms with Crippen molar-refractivity contribution in [2.45, 2.75) is 43.0 Å². The fourth-order valence-corrected chi connectivity index (χ4v) is 2.72. The summed E-state index contributed by atoms with van der Waals surface area (Å²) in [5, 5.41) is 0. The number of hydrogen-bond donors (Lipinski definition) is 0. The van der Waals surface area contributed by atoms with Crippen molar-refractivity contribution in [2.24, 2.45) is 5.92 Å². The van der Waals surface area contributed by atoms with Gasteiger partial charge in [0.15, 0.2) is 0 Å². The van der Waals surface area contributed by atoms with E-state index in [-0.39, 0.29) is 6.09 Å². The molecule has 0 aromatic heterocycles. The Kier molecular flexibility index (Phi) is 5.10. The van der Waals surface area contributed by atoms with Crippen LogP contribution in [-0.4, -0.2) is 33.4 Å². The zero-order valence-corrected chi connectivity index (χ0v) is 13.2. The molecular formula is C11H19Br2NO2. The van der Waals surface area contributed by atoms with E-state index in [9.17, 15) is 4.79 Å². The van der Waals surface area contributed by atoms with Crippen LogP contribution in [0.5, 0.6) is 0 Å². The van der Waals surface area contributed by atoms with Crippen molar-refractivity contribution in [1.82, 2.24) is 4.90 Å². The van der Waals surface area contributed by atoms with Crippen LogP contribution in [-0.2, 0) is 4.74 Å². The fourth-order valence-electron chi connectivity index (χ4n) is 1.66. The van der Waals surface area contributed by atoms with Gasteiger partial charge in [0.2, 0.25) is 0 Å². The van der Waals surface area contributed by atoms with Crippen LogP contribution < -0.4 is 0 Å². The van der Waals surface area contributed by atoms with Crippen LogP contribution >= 0.6 is 31.9 Å². The van der Waals surface area contributed by atoms with Gasteiger partial charge in [-0.1, -0.05) is 31.9 Å². The van der Waals surface area contributed by atoms with Crippen LogP contribution in [0.2, 0.25) is 0 Å². The zero-order valence-electron chi connectivity index (χ0n) is 10.0. The number of carbonyl (C=O) groups is 1. The van der Waals surface area contributed by atoms with Gasteiger partial charge >= 0.3 is 6.09 Å². The molecule has 1 fully saturated rings. The first-order valence-corrected chi connectivity index (χ1v) is 7.39. The predicted octanol–water partition coefficient (Wildman–Crippen LogP) is 3.75. The van der Waals surface area contributed by atoms with Crippen molar-refractivity contribution in [1.29, 1.82) is 0 Å². The summed E-state index contributed by atoms with van der Waals surface area (Å²) in [4.78, 5) is 13.6. The molecule has 5 heteroatoms. The molecule has 1 aliphatic heterocycles. The average molecular weight is 357 g/mol. The van der Waals surface area contributed by atoms with Crippen LogP contribution in [0.15, 0.2) is 0 Å².